The lowest BCUT2D eigenvalue weighted by Gasteiger charge is -2.25. The first kappa shape index (κ1) is 10.0. The molecule has 0 radical (unpaired) electrons. The molecule has 1 aliphatic carbocycles. The van der Waals surface area contributed by atoms with Gasteiger partial charge in [-0.25, -0.2) is 0 Å². The van der Waals surface area contributed by atoms with Gasteiger partial charge in [-0.3, -0.25) is 0 Å². The summed E-state index contributed by atoms with van der Waals surface area (Å²) in [7, 11) is 0. The molecule has 0 spiro atoms. The molecule has 1 aliphatic rings. The zero-order chi connectivity index (χ0) is 9.19. The smallest absolute Gasteiger partial charge is 0.0622 e. The molecule has 0 aromatic rings. The molecule has 12 heavy (non-hydrogen) atoms. The molecule has 1 fully saturated rings. The third kappa shape index (κ3) is 4.10. The van der Waals surface area contributed by atoms with Gasteiger partial charge in [0, 0.05) is 0 Å². The Hall–Kier alpha value is -0.0400. The average Bonchev–Trinajstić information content (AvgIpc) is 2.62. The fraction of sp³-hybridized carbons (Fsp3) is 1.00. The third-order valence-electron chi connectivity index (χ3n) is 2.64. The molecular formula is C11H22O. The van der Waals surface area contributed by atoms with Gasteiger partial charge >= 0.3 is 0 Å². The SMILES string of the molecule is CC(C)CC(C)(O)CCC1CC1. The van der Waals surface area contributed by atoms with E-state index in [-0.39, 0.29) is 0 Å². The van der Waals surface area contributed by atoms with Gasteiger partial charge in [0.05, 0.1) is 5.60 Å². The van der Waals surface area contributed by atoms with Crippen LogP contribution in [0.4, 0.5) is 0 Å². The Labute approximate surface area is 76.2 Å². The first-order chi connectivity index (χ1) is 5.49. The van der Waals surface area contributed by atoms with E-state index in [0.717, 1.165) is 18.8 Å². The molecule has 0 aromatic carbocycles. The zero-order valence-electron chi connectivity index (χ0n) is 8.64. The molecule has 0 saturated heterocycles. The first-order valence-corrected chi connectivity index (χ1v) is 5.22. The molecule has 0 heterocycles. The van der Waals surface area contributed by atoms with Crippen LogP contribution in [0.15, 0.2) is 0 Å². The van der Waals surface area contributed by atoms with Gasteiger partial charge in [-0.15, -0.1) is 0 Å². The van der Waals surface area contributed by atoms with Crippen molar-refractivity contribution in [2.75, 3.05) is 0 Å². The Kier molecular flexibility index (Phi) is 3.16. The van der Waals surface area contributed by atoms with Crippen LogP contribution in [0.5, 0.6) is 0 Å². The van der Waals surface area contributed by atoms with E-state index in [1.807, 2.05) is 6.92 Å². The molecule has 0 aromatic heterocycles. The first-order valence-electron chi connectivity index (χ1n) is 5.22. The van der Waals surface area contributed by atoms with Crippen molar-refractivity contribution in [3.8, 4) is 0 Å². The fourth-order valence-corrected chi connectivity index (χ4v) is 1.90. The summed E-state index contributed by atoms with van der Waals surface area (Å²) < 4.78 is 0. The third-order valence-corrected chi connectivity index (χ3v) is 2.64. The van der Waals surface area contributed by atoms with E-state index in [4.69, 9.17) is 0 Å². The fourth-order valence-electron chi connectivity index (χ4n) is 1.90. The minimum atomic E-state index is -0.406. The largest absolute Gasteiger partial charge is 0.390 e. The molecule has 1 saturated carbocycles. The van der Waals surface area contributed by atoms with Crippen LogP contribution in [0.1, 0.15) is 52.9 Å². The Balaban J connectivity index is 2.16. The standard InChI is InChI=1S/C11H22O/c1-9(2)8-11(3,12)7-6-10-4-5-10/h9-10,12H,4-8H2,1-3H3. The summed E-state index contributed by atoms with van der Waals surface area (Å²) in [4.78, 5) is 0. The molecule has 1 atom stereocenters. The second-order valence-electron chi connectivity index (χ2n) is 5.08. The van der Waals surface area contributed by atoms with Gasteiger partial charge in [-0.2, -0.15) is 0 Å². The molecule has 1 nitrogen and oxygen atoms in total. The predicted octanol–water partition coefficient (Wildman–Crippen LogP) is 2.97. The van der Waals surface area contributed by atoms with Gasteiger partial charge in [0.1, 0.15) is 0 Å². The van der Waals surface area contributed by atoms with Gasteiger partial charge in [-0.05, 0) is 38.0 Å². The zero-order valence-corrected chi connectivity index (χ0v) is 8.64. The van der Waals surface area contributed by atoms with Crippen LogP contribution in [0, 0.1) is 11.8 Å². The van der Waals surface area contributed by atoms with Gasteiger partial charge in [0.25, 0.3) is 0 Å². The molecule has 72 valence electrons. The Morgan fingerprint density at radius 3 is 2.42 bits per heavy atom. The maximum atomic E-state index is 9.96. The van der Waals surface area contributed by atoms with Crippen LogP contribution in [0.25, 0.3) is 0 Å². The molecule has 1 N–H and O–H groups in total. The van der Waals surface area contributed by atoms with Crippen molar-refractivity contribution >= 4 is 0 Å². The Bertz CT molecular complexity index is 134. The highest BCUT2D eigenvalue weighted by molar-refractivity contribution is 4.80. The van der Waals surface area contributed by atoms with Crippen LogP contribution >= 0.6 is 0 Å². The van der Waals surface area contributed by atoms with Gasteiger partial charge in [0.15, 0.2) is 0 Å². The highest BCUT2D eigenvalue weighted by Crippen LogP contribution is 2.36. The van der Waals surface area contributed by atoms with Crippen LogP contribution in [0.3, 0.4) is 0 Å². The number of aliphatic hydroxyl groups is 1. The lowest BCUT2D eigenvalue weighted by atomic mass is 9.89. The maximum absolute atomic E-state index is 9.96. The van der Waals surface area contributed by atoms with Gasteiger partial charge in [0.2, 0.25) is 0 Å². The van der Waals surface area contributed by atoms with Crippen molar-refractivity contribution in [3.63, 3.8) is 0 Å². The summed E-state index contributed by atoms with van der Waals surface area (Å²) in [6.45, 7) is 6.33. The quantitative estimate of drug-likeness (QED) is 0.672. The second-order valence-corrected chi connectivity index (χ2v) is 5.08. The minimum Gasteiger partial charge on any atom is -0.390 e. The highest BCUT2D eigenvalue weighted by atomic mass is 16.3. The van der Waals surface area contributed by atoms with Crippen molar-refractivity contribution < 1.29 is 5.11 Å². The van der Waals surface area contributed by atoms with E-state index in [1.54, 1.807) is 0 Å². The monoisotopic (exact) mass is 170 g/mol. The topological polar surface area (TPSA) is 20.2 Å². The van der Waals surface area contributed by atoms with Gasteiger partial charge < -0.3 is 5.11 Å². The van der Waals surface area contributed by atoms with Crippen molar-refractivity contribution in [1.29, 1.82) is 0 Å². The van der Waals surface area contributed by atoms with E-state index >= 15 is 0 Å². The number of rotatable bonds is 5. The van der Waals surface area contributed by atoms with Crippen LogP contribution in [-0.2, 0) is 0 Å². The van der Waals surface area contributed by atoms with E-state index in [1.165, 1.54) is 19.3 Å². The Morgan fingerprint density at radius 2 is 2.00 bits per heavy atom. The van der Waals surface area contributed by atoms with Gasteiger partial charge in [-0.1, -0.05) is 26.7 Å². The second kappa shape index (κ2) is 3.78. The van der Waals surface area contributed by atoms with Crippen LogP contribution < -0.4 is 0 Å². The maximum Gasteiger partial charge on any atom is 0.0622 e. The molecule has 0 bridgehead atoms. The Morgan fingerprint density at radius 1 is 1.42 bits per heavy atom. The van der Waals surface area contributed by atoms with Crippen molar-refractivity contribution in [1.82, 2.24) is 0 Å². The molecule has 1 heteroatoms. The molecule has 0 amide bonds. The summed E-state index contributed by atoms with van der Waals surface area (Å²) in [5.41, 5.74) is -0.406. The highest BCUT2D eigenvalue weighted by Gasteiger charge is 2.27. The predicted molar refractivity (Wildman–Crippen MR) is 52.0 cm³/mol. The van der Waals surface area contributed by atoms with Crippen molar-refractivity contribution in [2.24, 2.45) is 11.8 Å². The van der Waals surface area contributed by atoms with E-state index in [9.17, 15) is 5.11 Å². The van der Waals surface area contributed by atoms with Crippen molar-refractivity contribution in [3.05, 3.63) is 0 Å². The molecule has 0 aliphatic heterocycles. The lowest BCUT2D eigenvalue weighted by molar-refractivity contribution is 0.0266. The lowest BCUT2D eigenvalue weighted by Crippen LogP contribution is -2.26. The van der Waals surface area contributed by atoms with E-state index in [2.05, 4.69) is 13.8 Å². The number of hydrogen-bond acceptors (Lipinski definition) is 1. The summed E-state index contributed by atoms with van der Waals surface area (Å²) in [5.74, 6) is 1.56. The van der Waals surface area contributed by atoms with Crippen LogP contribution in [0.2, 0.25) is 0 Å². The van der Waals surface area contributed by atoms with E-state index in [0.29, 0.717) is 5.92 Å². The number of hydrogen-bond donors (Lipinski definition) is 1. The average molecular weight is 170 g/mol. The molecule has 1 unspecified atom stereocenters. The van der Waals surface area contributed by atoms with Crippen molar-refractivity contribution in [2.45, 2.75) is 58.5 Å². The van der Waals surface area contributed by atoms with Crippen LogP contribution in [-0.4, -0.2) is 10.7 Å². The summed E-state index contributed by atoms with van der Waals surface area (Å²) in [5, 5.41) is 9.96. The summed E-state index contributed by atoms with van der Waals surface area (Å²) >= 11 is 0. The minimum absolute atomic E-state index is 0.406. The summed E-state index contributed by atoms with van der Waals surface area (Å²) in [6.07, 6.45) is 5.98. The normalized spacial score (nSPS) is 22.8. The van der Waals surface area contributed by atoms with E-state index < -0.39 is 5.60 Å². The molecular weight excluding hydrogens is 148 g/mol. The molecule has 1 rings (SSSR count). The summed E-state index contributed by atoms with van der Waals surface area (Å²) in [6, 6.07) is 0.